The third-order valence-corrected chi connectivity index (χ3v) is 14.1. The maximum absolute atomic E-state index is 6.42. The highest BCUT2D eigenvalue weighted by Crippen LogP contribution is 2.43. The van der Waals surface area contributed by atoms with Crippen LogP contribution in [0.15, 0.2) is 235 Å². The van der Waals surface area contributed by atoms with E-state index in [1.165, 1.54) is 38.1 Å². The monoisotopic (exact) mass is 894 g/mol. The molecule has 0 spiro atoms. The second-order valence-corrected chi connectivity index (χ2v) is 18.0. The number of aromatic nitrogens is 6. The molecule has 326 valence electrons. The van der Waals surface area contributed by atoms with E-state index in [1.54, 1.807) is 0 Å². The Kier molecular flexibility index (Phi) is 8.23. The fraction of sp³-hybridized carbons (Fsp3) is 0. The van der Waals surface area contributed by atoms with E-state index in [1.807, 2.05) is 18.2 Å². The van der Waals surface area contributed by atoms with Gasteiger partial charge in [-0.1, -0.05) is 146 Å². The van der Waals surface area contributed by atoms with Crippen molar-refractivity contribution in [2.45, 2.75) is 0 Å². The third kappa shape index (κ3) is 5.72. The Bertz CT molecular complexity index is 4600. The van der Waals surface area contributed by atoms with Crippen molar-refractivity contribution in [3.8, 4) is 51.2 Å². The minimum atomic E-state index is 0.530. The molecule has 5 heterocycles. The lowest BCUT2D eigenvalue weighted by atomic mass is 10.0. The lowest BCUT2D eigenvalue weighted by Crippen LogP contribution is -2.06. The van der Waals surface area contributed by atoms with Gasteiger partial charge in [0, 0.05) is 65.6 Å². The molecule has 0 saturated carbocycles. The number of benzene rings is 10. The average molecular weight is 895 g/mol. The van der Waals surface area contributed by atoms with Crippen molar-refractivity contribution in [3.63, 3.8) is 0 Å². The van der Waals surface area contributed by atoms with Crippen LogP contribution in [0.2, 0.25) is 0 Å². The third-order valence-electron chi connectivity index (χ3n) is 14.1. The molecule has 0 saturated heterocycles. The van der Waals surface area contributed by atoms with E-state index in [9.17, 15) is 0 Å². The zero-order valence-electron chi connectivity index (χ0n) is 37.5. The largest absolute Gasteiger partial charge is 0.456 e. The van der Waals surface area contributed by atoms with Crippen LogP contribution in [-0.4, -0.2) is 28.7 Å². The van der Waals surface area contributed by atoms with Crippen LogP contribution in [0.5, 0.6) is 0 Å². The highest BCUT2D eigenvalue weighted by molar-refractivity contribution is 6.29. The summed E-state index contributed by atoms with van der Waals surface area (Å²) >= 11 is 0. The van der Waals surface area contributed by atoms with Crippen LogP contribution in [0, 0.1) is 0 Å². The summed E-state index contributed by atoms with van der Waals surface area (Å²) in [6.07, 6.45) is 0. The average Bonchev–Trinajstić information content (AvgIpc) is 4.17. The number of fused-ring (bicyclic) bond motifs is 13. The summed E-state index contributed by atoms with van der Waals surface area (Å²) in [5.74, 6) is 1.64. The number of hydrogen-bond acceptors (Lipinski definition) is 4. The predicted molar refractivity (Wildman–Crippen MR) is 286 cm³/mol. The molecule has 10 aromatic carbocycles. The van der Waals surface area contributed by atoms with E-state index in [0.29, 0.717) is 17.6 Å². The van der Waals surface area contributed by atoms with Crippen LogP contribution < -0.4 is 0 Å². The Morgan fingerprint density at radius 2 is 0.771 bits per heavy atom. The van der Waals surface area contributed by atoms with Crippen LogP contribution in [0.1, 0.15) is 0 Å². The Labute approximate surface area is 400 Å². The van der Waals surface area contributed by atoms with Gasteiger partial charge in [0.2, 0.25) is 5.95 Å². The van der Waals surface area contributed by atoms with Gasteiger partial charge in [0.25, 0.3) is 0 Å². The first kappa shape index (κ1) is 38.5. The molecule has 0 aliphatic carbocycles. The first-order valence-electron chi connectivity index (χ1n) is 23.6. The molecular weight excluding hydrogens is 857 g/mol. The molecule has 0 unspecified atom stereocenters. The summed E-state index contributed by atoms with van der Waals surface area (Å²) in [4.78, 5) is 16.1. The molecule has 0 bridgehead atoms. The minimum absolute atomic E-state index is 0.530. The van der Waals surface area contributed by atoms with Gasteiger partial charge in [-0.3, -0.25) is 4.57 Å². The molecule has 0 N–H and O–H groups in total. The molecule has 7 nitrogen and oxygen atoms in total. The van der Waals surface area contributed by atoms with E-state index in [2.05, 4.69) is 226 Å². The molecule has 0 fully saturated rings. The summed E-state index contributed by atoms with van der Waals surface area (Å²) in [6.45, 7) is 0. The molecule has 70 heavy (non-hydrogen) atoms. The van der Waals surface area contributed by atoms with Gasteiger partial charge in [-0.2, -0.15) is 9.97 Å². The predicted octanol–water partition coefficient (Wildman–Crippen LogP) is 16.1. The lowest BCUT2D eigenvalue weighted by molar-refractivity contribution is 0.669. The van der Waals surface area contributed by atoms with Gasteiger partial charge in [0.05, 0.1) is 33.1 Å². The summed E-state index contributed by atoms with van der Waals surface area (Å²) in [5.41, 5.74) is 14.4. The van der Waals surface area contributed by atoms with E-state index in [4.69, 9.17) is 19.4 Å². The van der Waals surface area contributed by atoms with Crippen molar-refractivity contribution in [2.75, 3.05) is 0 Å². The fourth-order valence-corrected chi connectivity index (χ4v) is 11.0. The van der Waals surface area contributed by atoms with Gasteiger partial charge < -0.3 is 13.6 Å². The number of nitrogens with zero attached hydrogens (tertiary/aromatic N) is 6. The molecule has 0 aliphatic rings. The summed E-state index contributed by atoms with van der Waals surface area (Å²) in [7, 11) is 0. The number of furan rings is 1. The molecule has 15 rings (SSSR count). The van der Waals surface area contributed by atoms with Crippen molar-refractivity contribution < 1.29 is 4.42 Å². The highest BCUT2D eigenvalue weighted by atomic mass is 16.3. The molecule has 15 aromatic rings. The normalized spacial score (nSPS) is 12.0. The zero-order chi connectivity index (χ0) is 45.9. The van der Waals surface area contributed by atoms with Crippen molar-refractivity contribution >= 4 is 87.4 Å². The van der Waals surface area contributed by atoms with E-state index in [-0.39, 0.29) is 0 Å². The first-order valence-corrected chi connectivity index (χ1v) is 23.6. The molecule has 0 atom stereocenters. The van der Waals surface area contributed by atoms with Crippen molar-refractivity contribution in [1.82, 2.24) is 28.7 Å². The van der Waals surface area contributed by atoms with Crippen molar-refractivity contribution in [3.05, 3.63) is 231 Å². The second kappa shape index (κ2) is 15.0. The van der Waals surface area contributed by atoms with Gasteiger partial charge in [-0.15, -0.1) is 0 Å². The SMILES string of the molecule is c1ccc(-c2ccc3c(c2)c2ccccc2n3-c2nc(-c3cccc(-n4c5ccccc5c5c6c7ccccc7n(-c7ccccc7)c6ccc54)c3)nc(-c3ccc4c(c3)oc3ccccc34)n2)cc1. The van der Waals surface area contributed by atoms with E-state index < -0.39 is 0 Å². The Balaban J connectivity index is 0.959. The van der Waals surface area contributed by atoms with Crippen LogP contribution >= 0.6 is 0 Å². The zero-order valence-corrected chi connectivity index (χ0v) is 37.5. The maximum atomic E-state index is 6.42. The van der Waals surface area contributed by atoms with Crippen LogP contribution in [-0.2, 0) is 0 Å². The summed E-state index contributed by atoms with van der Waals surface area (Å²) in [6, 6.07) is 81.5. The van der Waals surface area contributed by atoms with Gasteiger partial charge >= 0.3 is 0 Å². The lowest BCUT2D eigenvalue weighted by Gasteiger charge is -2.13. The quantitative estimate of drug-likeness (QED) is 0.167. The van der Waals surface area contributed by atoms with Gasteiger partial charge in [0.15, 0.2) is 11.6 Å². The fourth-order valence-electron chi connectivity index (χ4n) is 11.0. The van der Waals surface area contributed by atoms with Crippen LogP contribution in [0.25, 0.3) is 139 Å². The molecule has 0 radical (unpaired) electrons. The van der Waals surface area contributed by atoms with Crippen LogP contribution in [0.3, 0.4) is 0 Å². The summed E-state index contributed by atoms with van der Waals surface area (Å²) in [5, 5.41) is 9.23. The topological polar surface area (TPSA) is 66.6 Å². The molecule has 0 aliphatic heterocycles. The van der Waals surface area contributed by atoms with Crippen LogP contribution in [0.4, 0.5) is 0 Å². The van der Waals surface area contributed by atoms with Crippen molar-refractivity contribution in [1.29, 1.82) is 0 Å². The maximum Gasteiger partial charge on any atom is 0.238 e. The minimum Gasteiger partial charge on any atom is -0.456 e. The Morgan fingerprint density at radius 1 is 0.271 bits per heavy atom. The first-order chi connectivity index (χ1) is 34.7. The molecule has 5 aromatic heterocycles. The van der Waals surface area contributed by atoms with Gasteiger partial charge in [-0.05, 0) is 96.1 Å². The second-order valence-electron chi connectivity index (χ2n) is 18.0. The highest BCUT2D eigenvalue weighted by Gasteiger charge is 2.23. The van der Waals surface area contributed by atoms with E-state index in [0.717, 1.165) is 82.8 Å². The van der Waals surface area contributed by atoms with E-state index >= 15 is 0 Å². The van der Waals surface area contributed by atoms with Crippen molar-refractivity contribution in [2.24, 2.45) is 0 Å². The smallest absolute Gasteiger partial charge is 0.238 e. The molecular formula is C63H38N6O. The standard InChI is InChI=1S/C63H38N6O/c1-3-16-39(17-4-1)40-31-33-54-50(37-40)45-22-7-11-26-51(45)69(54)63-65-61(64-62(66-63)42-30-32-47-46-23-10-14-29-57(46)70-58(47)38-42)41-18-15-21-44(36-41)68-53-28-13-9-25-49(53)60-56(68)35-34-55-59(60)48-24-8-12-27-52(48)67(55)43-19-5-2-6-20-43/h1-38H. The Morgan fingerprint density at radius 3 is 1.49 bits per heavy atom. The molecule has 0 amide bonds. The number of rotatable bonds is 6. The summed E-state index contributed by atoms with van der Waals surface area (Å²) < 4.78 is 13.4. The molecule has 7 heteroatoms. The van der Waals surface area contributed by atoms with Gasteiger partial charge in [-0.25, -0.2) is 4.98 Å². The van der Waals surface area contributed by atoms with Gasteiger partial charge in [0.1, 0.15) is 11.2 Å². The Hall–Kier alpha value is -9.59. The number of para-hydroxylation sites is 5. The number of hydrogen-bond donors (Lipinski definition) is 0.